The lowest BCUT2D eigenvalue weighted by Crippen LogP contribution is -2.42. The van der Waals surface area contributed by atoms with Gasteiger partial charge in [0, 0.05) is 31.9 Å². The van der Waals surface area contributed by atoms with Crippen LogP contribution in [0, 0.1) is 5.92 Å². The Morgan fingerprint density at radius 3 is 2.70 bits per heavy atom. The van der Waals surface area contributed by atoms with E-state index in [9.17, 15) is 9.59 Å². The molecule has 1 aliphatic rings. The van der Waals surface area contributed by atoms with Gasteiger partial charge >= 0.3 is 0 Å². The number of hydrogen-bond donors (Lipinski definition) is 2. The molecule has 30 heavy (non-hydrogen) atoms. The summed E-state index contributed by atoms with van der Waals surface area (Å²) >= 11 is 0. The summed E-state index contributed by atoms with van der Waals surface area (Å²) in [5, 5.41) is 10.3. The Labute approximate surface area is 177 Å². The second kappa shape index (κ2) is 10.8. The van der Waals surface area contributed by atoms with E-state index in [-0.39, 0.29) is 23.8 Å². The first-order valence-electron chi connectivity index (χ1n) is 10.5. The van der Waals surface area contributed by atoms with Crippen LogP contribution in [-0.2, 0) is 11.3 Å². The highest BCUT2D eigenvalue weighted by Gasteiger charge is 2.27. The van der Waals surface area contributed by atoms with Gasteiger partial charge in [-0.15, -0.1) is 0 Å². The summed E-state index contributed by atoms with van der Waals surface area (Å²) in [6.45, 7) is 4.99. The molecule has 8 heteroatoms. The number of aromatic nitrogens is 2. The maximum absolute atomic E-state index is 12.6. The van der Waals surface area contributed by atoms with Crippen molar-refractivity contribution in [2.75, 3.05) is 33.3 Å². The van der Waals surface area contributed by atoms with Crippen LogP contribution in [0.15, 0.2) is 42.6 Å². The molecule has 1 aromatic carbocycles. The Kier molecular flexibility index (Phi) is 7.84. The molecule has 0 unspecified atom stereocenters. The second-order valence-electron chi connectivity index (χ2n) is 7.68. The summed E-state index contributed by atoms with van der Waals surface area (Å²) in [5.41, 5.74) is 0.427. The van der Waals surface area contributed by atoms with Crippen molar-refractivity contribution in [2.45, 2.75) is 32.4 Å². The van der Waals surface area contributed by atoms with E-state index in [0.717, 1.165) is 25.1 Å². The van der Waals surface area contributed by atoms with Crippen LogP contribution < -0.4 is 15.4 Å². The van der Waals surface area contributed by atoms with Gasteiger partial charge in [-0.2, -0.15) is 5.10 Å². The molecule has 3 rings (SSSR count). The number of carbonyl (C=O) groups excluding carboxylic acids is 2. The smallest absolute Gasteiger partial charge is 0.272 e. The number of nitrogens with zero attached hydrogens (tertiary/aromatic N) is 3. The average molecular weight is 414 g/mol. The van der Waals surface area contributed by atoms with E-state index in [2.05, 4.69) is 20.6 Å². The average Bonchev–Trinajstić information content (AvgIpc) is 3.16. The summed E-state index contributed by atoms with van der Waals surface area (Å²) in [6, 6.07) is 11.3. The van der Waals surface area contributed by atoms with E-state index in [4.69, 9.17) is 4.74 Å². The SMILES string of the molecule is CCn1ccc(C(=O)N[C@H]2CC[C@@H](C(=O)NCCOc3ccccc3)CN(C)C2)n1. The van der Waals surface area contributed by atoms with Gasteiger partial charge in [0.25, 0.3) is 5.91 Å². The van der Waals surface area contributed by atoms with Crippen LogP contribution in [-0.4, -0.2) is 65.8 Å². The first-order chi connectivity index (χ1) is 14.5. The summed E-state index contributed by atoms with van der Waals surface area (Å²) in [4.78, 5) is 27.2. The minimum Gasteiger partial charge on any atom is -0.492 e. The van der Waals surface area contributed by atoms with E-state index in [1.54, 1.807) is 16.9 Å². The lowest BCUT2D eigenvalue weighted by molar-refractivity contribution is -0.125. The Balaban J connectivity index is 1.43. The number of amides is 2. The molecule has 8 nitrogen and oxygen atoms in total. The first kappa shape index (κ1) is 21.8. The monoisotopic (exact) mass is 413 g/mol. The lowest BCUT2D eigenvalue weighted by Gasteiger charge is -2.21. The third-order valence-electron chi connectivity index (χ3n) is 5.24. The number of likely N-dealkylation sites (N-methyl/N-ethyl adjacent to an activating group) is 1. The van der Waals surface area contributed by atoms with Gasteiger partial charge in [-0.25, -0.2) is 0 Å². The third kappa shape index (κ3) is 6.32. The molecule has 2 aromatic rings. The van der Waals surface area contributed by atoms with Gasteiger partial charge in [-0.1, -0.05) is 18.2 Å². The molecule has 1 saturated heterocycles. The van der Waals surface area contributed by atoms with Gasteiger partial charge in [0.2, 0.25) is 5.91 Å². The minimum absolute atomic E-state index is 0.00603. The Hall–Kier alpha value is -2.87. The van der Waals surface area contributed by atoms with Crippen molar-refractivity contribution < 1.29 is 14.3 Å². The largest absolute Gasteiger partial charge is 0.492 e. The standard InChI is InChI=1S/C22H31N5O3/c1-3-27-13-11-20(25-27)22(29)24-18-10-9-17(15-26(2)16-18)21(28)23-12-14-30-19-7-5-4-6-8-19/h4-8,11,13,17-18H,3,9-10,12,14-16H2,1-2H3,(H,23,28)(H,24,29)/t17-,18+/m1/s1. The second-order valence-corrected chi connectivity index (χ2v) is 7.68. The molecule has 0 saturated carbocycles. The number of para-hydroxylation sites is 1. The fourth-order valence-corrected chi connectivity index (χ4v) is 3.67. The Morgan fingerprint density at radius 2 is 1.97 bits per heavy atom. The topological polar surface area (TPSA) is 88.5 Å². The summed E-state index contributed by atoms with van der Waals surface area (Å²) < 4.78 is 7.35. The highest BCUT2D eigenvalue weighted by atomic mass is 16.5. The molecule has 1 aliphatic heterocycles. The summed E-state index contributed by atoms with van der Waals surface area (Å²) in [6.07, 6.45) is 3.28. The fraction of sp³-hybridized carbons (Fsp3) is 0.500. The predicted molar refractivity (Wildman–Crippen MR) is 114 cm³/mol. The molecule has 2 heterocycles. The van der Waals surface area contributed by atoms with E-state index in [1.165, 1.54) is 0 Å². The van der Waals surface area contributed by atoms with E-state index in [0.29, 0.717) is 31.9 Å². The number of benzene rings is 1. The molecular formula is C22H31N5O3. The number of rotatable bonds is 8. The number of carbonyl (C=O) groups is 2. The zero-order valence-electron chi connectivity index (χ0n) is 17.7. The first-order valence-corrected chi connectivity index (χ1v) is 10.5. The summed E-state index contributed by atoms with van der Waals surface area (Å²) in [7, 11) is 1.98. The number of likely N-dealkylation sites (tertiary alicyclic amines) is 1. The molecule has 2 N–H and O–H groups in total. The zero-order valence-corrected chi connectivity index (χ0v) is 17.7. The molecule has 162 valence electrons. The number of aryl methyl sites for hydroxylation is 1. The van der Waals surface area contributed by atoms with Crippen LogP contribution in [0.1, 0.15) is 30.3 Å². The molecule has 2 amide bonds. The van der Waals surface area contributed by atoms with E-state index >= 15 is 0 Å². The lowest BCUT2D eigenvalue weighted by atomic mass is 10.0. The Morgan fingerprint density at radius 1 is 1.17 bits per heavy atom. The van der Waals surface area contributed by atoms with E-state index < -0.39 is 0 Å². The van der Waals surface area contributed by atoms with Gasteiger partial charge in [0.1, 0.15) is 18.1 Å². The number of hydrogen-bond acceptors (Lipinski definition) is 5. The van der Waals surface area contributed by atoms with E-state index in [1.807, 2.05) is 44.3 Å². The quantitative estimate of drug-likeness (QED) is 0.641. The van der Waals surface area contributed by atoms with Gasteiger partial charge < -0.3 is 20.3 Å². The zero-order chi connectivity index (χ0) is 21.3. The molecule has 1 aromatic heterocycles. The van der Waals surface area contributed by atoms with Crippen LogP contribution in [0.3, 0.4) is 0 Å². The third-order valence-corrected chi connectivity index (χ3v) is 5.24. The highest BCUT2D eigenvalue weighted by molar-refractivity contribution is 5.92. The van der Waals surface area contributed by atoms with Gasteiger partial charge in [-0.05, 0) is 45.0 Å². The van der Waals surface area contributed by atoms with Crippen LogP contribution in [0.4, 0.5) is 0 Å². The van der Waals surface area contributed by atoms with Crippen LogP contribution >= 0.6 is 0 Å². The van der Waals surface area contributed by atoms with Crippen LogP contribution in [0.5, 0.6) is 5.75 Å². The van der Waals surface area contributed by atoms with Crippen LogP contribution in [0.25, 0.3) is 0 Å². The van der Waals surface area contributed by atoms with Gasteiger partial charge in [0.05, 0.1) is 12.5 Å². The van der Waals surface area contributed by atoms with Gasteiger partial charge in [0.15, 0.2) is 0 Å². The number of nitrogens with one attached hydrogen (secondary N) is 2. The van der Waals surface area contributed by atoms with Crippen LogP contribution in [0.2, 0.25) is 0 Å². The van der Waals surface area contributed by atoms with Crippen molar-refractivity contribution in [1.29, 1.82) is 0 Å². The maximum Gasteiger partial charge on any atom is 0.272 e. The van der Waals surface area contributed by atoms with Crippen molar-refractivity contribution in [3.05, 3.63) is 48.3 Å². The maximum atomic E-state index is 12.6. The molecule has 0 spiro atoms. The molecule has 0 aliphatic carbocycles. The highest BCUT2D eigenvalue weighted by Crippen LogP contribution is 2.17. The van der Waals surface area contributed by atoms with Gasteiger partial charge in [-0.3, -0.25) is 14.3 Å². The molecule has 0 bridgehead atoms. The van der Waals surface area contributed by atoms with Crippen molar-refractivity contribution in [3.8, 4) is 5.75 Å². The Bertz CT molecular complexity index is 823. The molecule has 2 atom stereocenters. The minimum atomic E-state index is -0.165. The molecular weight excluding hydrogens is 382 g/mol. The summed E-state index contributed by atoms with van der Waals surface area (Å²) in [5.74, 6) is 0.560. The normalized spacial score (nSPS) is 19.7. The molecule has 1 fully saturated rings. The fourth-order valence-electron chi connectivity index (χ4n) is 3.67. The van der Waals surface area contributed by atoms with Crippen molar-refractivity contribution in [1.82, 2.24) is 25.3 Å². The predicted octanol–water partition coefficient (Wildman–Crippen LogP) is 1.54. The molecule has 0 radical (unpaired) electrons. The van der Waals surface area contributed by atoms with Crippen molar-refractivity contribution >= 4 is 11.8 Å². The van der Waals surface area contributed by atoms with Crippen molar-refractivity contribution in [3.63, 3.8) is 0 Å². The number of ether oxygens (including phenoxy) is 1. The van der Waals surface area contributed by atoms with Crippen molar-refractivity contribution in [2.24, 2.45) is 5.92 Å².